The molecule has 13 heteroatoms. The van der Waals surface area contributed by atoms with Crippen LogP contribution < -0.4 is 16.0 Å². The summed E-state index contributed by atoms with van der Waals surface area (Å²) >= 11 is 15.8. The number of ketones is 1. The maximum absolute atomic E-state index is 13.3. The average molecular weight is 874 g/mol. The van der Waals surface area contributed by atoms with Gasteiger partial charge < -0.3 is 31.0 Å². The number of nitrogens with one attached hydrogen (secondary N) is 3. The van der Waals surface area contributed by atoms with E-state index in [4.69, 9.17) is 23.2 Å². The second kappa shape index (κ2) is 19.4. The van der Waals surface area contributed by atoms with E-state index in [0.717, 1.165) is 41.6 Å². The van der Waals surface area contributed by atoms with Gasteiger partial charge in [-0.15, -0.1) is 0 Å². The van der Waals surface area contributed by atoms with E-state index in [1.54, 1.807) is 66.1 Å². The summed E-state index contributed by atoms with van der Waals surface area (Å²) in [4.78, 5) is 46.1. The van der Waals surface area contributed by atoms with Gasteiger partial charge in [0, 0.05) is 73.3 Å². The number of carbonyl (C=O) groups is 3. The number of amides is 1. The molecule has 1 amide bonds. The minimum absolute atomic E-state index is 0.0610. The van der Waals surface area contributed by atoms with Crippen molar-refractivity contribution in [3.63, 3.8) is 0 Å². The third kappa shape index (κ3) is 10.4. The van der Waals surface area contributed by atoms with E-state index < -0.39 is 11.8 Å². The third-order valence-corrected chi connectivity index (χ3v) is 12.4. The second-order valence-electron chi connectivity index (χ2n) is 13.8. The standard InChI is InChI=1S/C47H38Cl2N4O5S2/c1-28(55)38-20-34(22-40(48)46(38)57)51-25-30-7-2-4-10-43(30)59-36-16-13-33(14-17-36)53-45(56)19-32(27-54)39-21-35(23-41(49)47(39)58)52-26-31-8-3-5-11-44(31)60-37-15-12-29-9-6-18-50-42(29)24-37/h2-18,20-24,27,32,51-52,57-58H,19,25-26H2,1H3,(H,53,56). The number of anilines is 3. The van der Waals surface area contributed by atoms with Crippen LogP contribution in [-0.4, -0.2) is 33.2 Å². The van der Waals surface area contributed by atoms with Crippen molar-refractivity contribution < 1.29 is 24.6 Å². The molecular weight excluding hydrogens is 836 g/mol. The molecule has 7 aromatic rings. The number of Topliss-reactive ketones (excluding diaryl/α,β-unsaturated/α-hetero) is 1. The van der Waals surface area contributed by atoms with E-state index in [2.05, 4.69) is 45.2 Å². The molecule has 0 fully saturated rings. The minimum atomic E-state index is -0.958. The number of halogens is 2. The fraction of sp³-hybridized carbons (Fsp3) is 0.106. The van der Waals surface area contributed by atoms with Crippen LogP contribution in [0.1, 0.15) is 46.3 Å². The molecule has 0 aliphatic heterocycles. The summed E-state index contributed by atoms with van der Waals surface area (Å²) in [5.41, 5.74) is 5.08. The van der Waals surface area contributed by atoms with E-state index in [1.807, 2.05) is 66.7 Å². The number of aldehydes is 1. The minimum Gasteiger partial charge on any atom is -0.506 e. The van der Waals surface area contributed by atoms with Crippen LogP contribution in [0.5, 0.6) is 11.5 Å². The molecule has 0 aliphatic carbocycles. The molecule has 0 saturated carbocycles. The van der Waals surface area contributed by atoms with Gasteiger partial charge in [0.2, 0.25) is 5.91 Å². The Kier molecular flexibility index (Phi) is 13.6. The fourth-order valence-corrected chi connectivity index (χ4v) is 8.85. The lowest BCUT2D eigenvalue weighted by molar-refractivity contribution is -0.119. The molecule has 0 saturated heterocycles. The Morgan fingerprint density at radius 2 is 1.30 bits per heavy atom. The lowest BCUT2D eigenvalue weighted by atomic mass is 9.95. The van der Waals surface area contributed by atoms with E-state index in [0.29, 0.717) is 36.4 Å². The van der Waals surface area contributed by atoms with Gasteiger partial charge in [-0.1, -0.05) is 95.3 Å². The van der Waals surface area contributed by atoms with Crippen LogP contribution in [0.2, 0.25) is 10.0 Å². The highest BCUT2D eigenvalue weighted by Crippen LogP contribution is 2.39. The molecule has 1 unspecified atom stereocenters. The first-order valence-electron chi connectivity index (χ1n) is 18.8. The molecule has 60 heavy (non-hydrogen) atoms. The van der Waals surface area contributed by atoms with Gasteiger partial charge in [0.1, 0.15) is 17.8 Å². The second-order valence-corrected chi connectivity index (χ2v) is 16.9. The molecule has 0 spiro atoms. The van der Waals surface area contributed by atoms with Crippen molar-refractivity contribution in [1.29, 1.82) is 0 Å². The maximum atomic E-state index is 13.3. The largest absolute Gasteiger partial charge is 0.506 e. The number of nitrogens with zero attached hydrogens (tertiary/aromatic N) is 1. The van der Waals surface area contributed by atoms with E-state index in [-0.39, 0.29) is 44.9 Å². The number of benzene rings is 6. The van der Waals surface area contributed by atoms with Gasteiger partial charge >= 0.3 is 0 Å². The molecule has 5 N–H and O–H groups in total. The first-order chi connectivity index (χ1) is 29.0. The molecule has 0 aliphatic rings. The number of aromatic nitrogens is 1. The summed E-state index contributed by atoms with van der Waals surface area (Å²) in [6.45, 7) is 2.25. The molecule has 6 aromatic carbocycles. The Morgan fingerprint density at radius 1 is 0.700 bits per heavy atom. The zero-order valence-corrected chi connectivity index (χ0v) is 35.3. The monoisotopic (exact) mass is 872 g/mol. The van der Waals surface area contributed by atoms with Crippen molar-refractivity contribution in [2.45, 2.75) is 51.9 Å². The third-order valence-electron chi connectivity index (χ3n) is 9.59. The van der Waals surface area contributed by atoms with Crippen LogP contribution in [0.15, 0.2) is 153 Å². The molecule has 302 valence electrons. The predicted molar refractivity (Wildman–Crippen MR) is 242 cm³/mol. The molecule has 1 heterocycles. The molecular formula is C47H38Cl2N4O5S2. The zero-order valence-electron chi connectivity index (χ0n) is 32.1. The Bertz CT molecular complexity index is 2720. The number of hydrogen-bond donors (Lipinski definition) is 5. The molecule has 0 radical (unpaired) electrons. The van der Waals surface area contributed by atoms with Crippen LogP contribution in [-0.2, 0) is 22.7 Å². The topological polar surface area (TPSA) is 141 Å². The predicted octanol–water partition coefficient (Wildman–Crippen LogP) is 12.0. The SMILES string of the molecule is CC(=O)c1cc(NCc2ccccc2Sc2ccc(NC(=O)CC(C=O)c3cc(NCc4ccccc4Sc4ccc5cccnc5c4)cc(Cl)c3O)cc2)cc(Cl)c1O. The normalized spacial score (nSPS) is 11.5. The number of fused-ring (bicyclic) bond motifs is 1. The molecule has 0 bridgehead atoms. The van der Waals surface area contributed by atoms with Crippen LogP contribution in [0.4, 0.5) is 17.1 Å². The van der Waals surface area contributed by atoms with Gasteiger partial charge in [-0.2, -0.15) is 0 Å². The summed E-state index contributed by atoms with van der Waals surface area (Å²) in [6.07, 6.45) is 2.21. The van der Waals surface area contributed by atoms with Gasteiger partial charge in [0.15, 0.2) is 5.78 Å². The number of rotatable bonds is 16. The van der Waals surface area contributed by atoms with Gasteiger partial charge in [-0.3, -0.25) is 14.6 Å². The Hall–Kier alpha value is -5.98. The lowest BCUT2D eigenvalue weighted by Crippen LogP contribution is -2.16. The number of aromatic hydroxyl groups is 2. The number of hydrogen-bond acceptors (Lipinski definition) is 10. The number of pyridine rings is 1. The fourth-order valence-electron chi connectivity index (χ4n) is 6.48. The Morgan fingerprint density at radius 3 is 1.95 bits per heavy atom. The van der Waals surface area contributed by atoms with Gasteiger partial charge in [-0.05, 0) is 96.9 Å². The van der Waals surface area contributed by atoms with Crippen molar-refractivity contribution in [3.05, 3.63) is 166 Å². The van der Waals surface area contributed by atoms with Crippen LogP contribution in [0.3, 0.4) is 0 Å². The van der Waals surface area contributed by atoms with Crippen LogP contribution >= 0.6 is 46.7 Å². The molecule has 1 atom stereocenters. The van der Waals surface area contributed by atoms with Gasteiger partial charge in [0.25, 0.3) is 0 Å². The van der Waals surface area contributed by atoms with Crippen molar-refractivity contribution in [2.75, 3.05) is 16.0 Å². The Labute approximate surface area is 365 Å². The zero-order chi connectivity index (χ0) is 42.2. The highest BCUT2D eigenvalue weighted by molar-refractivity contribution is 7.99. The van der Waals surface area contributed by atoms with Gasteiger partial charge in [0.05, 0.1) is 27.0 Å². The molecule has 7 rings (SSSR count). The highest BCUT2D eigenvalue weighted by Gasteiger charge is 2.22. The summed E-state index contributed by atoms with van der Waals surface area (Å²) in [5.74, 6) is -2.15. The quantitative estimate of drug-likeness (QED) is 0.0362. The lowest BCUT2D eigenvalue weighted by Gasteiger charge is -2.17. The number of phenolic OH excluding ortho intramolecular Hbond substituents is 2. The van der Waals surface area contributed by atoms with Crippen LogP contribution in [0.25, 0.3) is 10.9 Å². The van der Waals surface area contributed by atoms with Crippen molar-refractivity contribution >= 4 is 92.7 Å². The number of carbonyl (C=O) groups excluding carboxylic acids is 3. The first-order valence-corrected chi connectivity index (χ1v) is 21.2. The number of phenols is 2. The summed E-state index contributed by atoms with van der Waals surface area (Å²) < 4.78 is 0. The smallest absolute Gasteiger partial charge is 0.225 e. The summed E-state index contributed by atoms with van der Waals surface area (Å²) in [6, 6.07) is 39.8. The summed E-state index contributed by atoms with van der Waals surface area (Å²) in [5, 5.41) is 31.8. The maximum Gasteiger partial charge on any atom is 0.225 e. The van der Waals surface area contributed by atoms with Crippen molar-refractivity contribution in [1.82, 2.24) is 4.98 Å². The van der Waals surface area contributed by atoms with E-state index in [1.165, 1.54) is 6.92 Å². The Balaban J connectivity index is 0.966. The van der Waals surface area contributed by atoms with E-state index >= 15 is 0 Å². The van der Waals surface area contributed by atoms with E-state index in [9.17, 15) is 24.6 Å². The first kappa shape index (κ1) is 42.2. The highest BCUT2D eigenvalue weighted by atomic mass is 35.5. The summed E-state index contributed by atoms with van der Waals surface area (Å²) in [7, 11) is 0. The van der Waals surface area contributed by atoms with Gasteiger partial charge in [-0.25, -0.2) is 0 Å². The molecule has 9 nitrogen and oxygen atoms in total. The van der Waals surface area contributed by atoms with Crippen LogP contribution in [0, 0.1) is 0 Å². The van der Waals surface area contributed by atoms with Crippen molar-refractivity contribution in [2.24, 2.45) is 0 Å². The average Bonchev–Trinajstić information content (AvgIpc) is 3.25. The molecule has 1 aromatic heterocycles. The van der Waals surface area contributed by atoms with Crippen molar-refractivity contribution in [3.8, 4) is 11.5 Å².